The van der Waals surface area contributed by atoms with E-state index in [9.17, 15) is 5.26 Å². The molecule has 12 aromatic rings. The van der Waals surface area contributed by atoms with Gasteiger partial charge in [-0.25, -0.2) is 14.8 Å². The molecule has 4 aromatic heterocycles. The van der Waals surface area contributed by atoms with E-state index in [0.29, 0.717) is 34.0 Å². The normalized spacial score (nSPS) is 11.6. The van der Waals surface area contributed by atoms with Gasteiger partial charge < -0.3 is 13.6 Å². The van der Waals surface area contributed by atoms with Gasteiger partial charge in [-0.2, -0.15) is 5.26 Å². The summed E-state index contributed by atoms with van der Waals surface area (Å²) in [6.45, 7) is 8.59. The highest BCUT2D eigenvalue weighted by atomic mass is 16.3. The lowest BCUT2D eigenvalue weighted by molar-refractivity contribution is 0.669. The van der Waals surface area contributed by atoms with Crippen molar-refractivity contribution >= 4 is 71.2 Å². The third kappa shape index (κ3) is 5.22. The lowest BCUT2D eigenvalue weighted by atomic mass is 9.99. The largest absolute Gasteiger partial charge is 0.456 e. The van der Waals surface area contributed by atoms with E-state index >= 15 is 0 Å². The summed E-state index contributed by atoms with van der Waals surface area (Å²) >= 11 is 0. The molecule has 0 spiro atoms. The van der Waals surface area contributed by atoms with Crippen molar-refractivity contribution in [3.05, 3.63) is 199 Å². The zero-order valence-electron chi connectivity index (χ0n) is 32.4. The molecule has 0 bridgehead atoms. The Kier molecular flexibility index (Phi) is 7.52. The van der Waals surface area contributed by atoms with Crippen LogP contribution in [0, 0.1) is 17.9 Å². The highest BCUT2D eigenvalue weighted by Crippen LogP contribution is 2.43. The molecule has 0 fully saturated rings. The van der Waals surface area contributed by atoms with Gasteiger partial charge in [0.05, 0.1) is 45.7 Å². The van der Waals surface area contributed by atoms with Crippen LogP contribution in [0.15, 0.2) is 186 Å². The first-order valence-corrected chi connectivity index (χ1v) is 20.0. The number of hydrogen-bond acceptors (Lipinski definition) is 4. The maximum Gasteiger partial charge on any atom is 0.211 e. The van der Waals surface area contributed by atoms with Gasteiger partial charge in [-0.15, -0.1) is 0 Å². The predicted octanol–water partition coefficient (Wildman–Crippen LogP) is 14.0. The summed E-state index contributed by atoms with van der Waals surface area (Å²) in [4.78, 5) is 14.3. The average molecular weight is 779 g/mol. The molecular weight excluding hydrogens is 749 g/mol. The number of furan rings is 1. The molecular formula is C54H30N6O. The third-order valence-electron chi connectivity index (χ3n) is 11.8. The van der Waals surface area contributed by atoms with Gasteiger partial charge >= 0.3 is 0 Å². The molecule has 0 amide bonds. The Balaban J connectivity index is 1.08. The SMILES string of the molecule is [C-]#[N+]c1cc(-c2nc(-c3ccc4c(c3)oc3ccccc34)nc(-c3ccccc3)c2C#N)ccc1-n1c2ccccc2c2cc3c4ccccc4n(-c4ccccc4)c3cc21. The molecule has 7 heteroatoms. The van der Waals surface area contributed by atoms with E-state index in [-0.39, 0.29) is 0 Å². The van der Waals surface area contributed by atoms with Crippen molar-refractivity contribution in [3.8, 4) is 51.3 Å². The Morgan fingerprint density at radius 3 is 1.79 bits per heavy atom. The van der Waals surface area contributed by atoms with E-state index in [0.717, 1.165) is 82.7 Å². The minimum atomic E-state index is 0.330. The maximum absolute atomic E-state index is 10.8. The molecule has 0 aliphatic heterocycles. The fourth-order valence-corrected chi connectivity index (χ4v) is 9.07. The van der Waals surface area contributed by atoms with Crippen LogP contribution in [-0.2, 0) is 0 Å². The zero-order chi connectivity index (χ0) is 40.6. The van der Waals surface area contributed by atoms with Crippen LogP contribution in [0.3, 0.4) is 0 Å². The summed E-state index contributed by atoms with van der Waals surface area (Å²) in [5.41, 5.74) is 11.4. The second-order valence-corrected chi connectivity index (χ2v) is 15.1. The van der Waals surface area contributed by atoms with Crippen molar-refractivity contribution in [1.82, 2.24) is 19.1 Å². The molecule has 12 rings (SSSR count). The minimum absolute atomic E-state index is 0.330. The monoisotopic (exact) mass is 778 g/mol. The van der Waals surface area contributed by atoms with E-state index in [1.807, 2.05) is 103 Å². The Morgan fingerprint density at radius 1 is 0.475 bits per heavy atom. The van der Waals surface area contributed by atoms with Crippen LogP contribution in [-0.4, -0.2) is 19.1 Å². The molecule has 61 heavy (non-hydrogen) atoms. The quantitative estimate of drug-likeness (QED) is 0.163. The number of para-hydroxylation sites is 4. The van der Waals surface area contributed by atoms with Crippen LogP contribution in [0.1, 0.15) is 5.56 Å². The topological polar surface area (TPSA) is 76.9 Å². The number of fused-ring (bicyclic) bond motifs is 9. The number of rotatable bonds is 5. The summed E-state index contributed by atoms with van der Waals surface area (Å²) in [6, 6.07) is 63.8. The van der Waals surface area contributed by atoms with Crippen LogP contribution < -0.4 is 0 Å². The summed E-state index contributed by atoms with van der Waals surface area (Å²) < 4.78 is 10.8. The van der Waals surface area contributed by atoms with Gasteiger partial charge in [-0.1, -0.05) is 115 Å². The van der Waals surface area contributed by atoms with Crippen LogP contribution in [0.25, 0.3) is 116 Å². The van der Waals surface area contributed by atoms with Crippen molar-refractivity contribution in [3.63, 3.8) is 0 Å². The number of aromatic nitrogens is 4. The van der Waals surface area contributed by atoms with Gasteiger partial charge in [0.25, 0.3) is 0 Å². The number of hydrogen-bond donors (Lipinski definition) is 0. The Morgan fingerprint density at radius 2 is 1.07 bits per heavy atom. The molecule has 0 unspecified atom stereocenters. The second kappa shape index (κ2) is 13.4. The van der Waals surface area contributed by atoms with Gasteiger partial charge in [-0.05, 0) is 72.3 Å². The van der Waals surface area contributed by atoms with Crippen molar-refractivity contribution < 1.29 is 4.42 Å². The predicted molar refractivity (Wildman–Crippen MR) is 245 cm³/mol. The van der Waals surface area contributed by atoms with E-state index in [1.165, 1.54) is 5.39 Å². The molecule has 0 saturated heterocycles. The molecule has 0 radical (unpaired) electrons. The zero-order valence-corrected chi connectivity index (χ0v) is 32.4. The van der Waals surface area contributed by atoms with Crippen LogP contribution in [0.4, 0.5) is 5.69 Å². The standard InChI is InChI=1S/C54H30N6O/c1-56-44-28-34(53-43(32-55)52(33-14-4-2-5-15-33)57-54(58-53)35-24-26-40-39-20-10-13-23-50(39)61-51(40)29-35)25-27-47(44)60-46-22-12-9-19-38(46)42-30-41-37-18-8-11-21-45(37)59(48(41)31-49(42)60)36-16-6-3-7-17-36/h2-31H. The molecule has 0 aliphatic rings. The number of benzene rings is 8. The van der Waals surface area contributed by atoms with E-state index in [2.05, 4.69) is 98.9 Å². The van der Waals surface area contributed by atoms with Crippen LogP contribution >= 0.6 is 0 Å². The van der Waals surface area contributed by atoms with Crippen LogP contribution in [0.2, 0.25) is 0 Å². The van der Waals surface area contributed by atoms with E-state index in [1.54, 1.807) is 0 Å². The smallest absolute Gasteiger partial charge is 0.211 e. The first-order valence-electron chi connectivity index (χ1n) is 20.0. The van der Waals surface area contributed by atoms with Crippen molar-refractivity contribution in [1.29, 1.82) is 5.26 Å². The molecule has 8 aromatic carbocycles. The third-order valence-corrected chi connectivity index (χ3v) is 11.8. The van der Waals surface area contributed by atoms with Crippen molar-refractivity contribution in [2.75, 3.05) is 0 Å². The molecule has 4 heterocycles. The Hall–Kier alpha value is -8.78. The summed E-state index contributed by atoms with van der Waals surface area (Å²) in [5, 5.41) is 17.4. The molecule has 7 nitrogen and oxygen atoms in total. The second-order valence-electron chi connectivity index (χ2n) is 15.1. The van der Waals surface area contributed by atoms with Crippen molar-refractivity contribution in [2.24, 2.45) is 0 Å². The first kappa shape index (κ1) is 34.3. The summed E-state index contributed by atoms with van der Waals surface area (Å²) in [5.74, 6) is 0.448. The minimum Gasteiger partial charge on any atom is -0.456 e. The molecule has 0 aliphatic carbocycles. The average Bonchev–Trinajstić information content (AvgIpc) is 3.97. The number of nitriles is 1. The van der Waals surface area contributed by atoms with Gasteiger partial charge in [-0.3, -0.25) is 0 Å². The van der Waals surface area contributed by atoms with Gasteiger partial charge in [0.1, 0.15) is 22.8 Å². The Bertz CT molecular complexity index is 3840. The summed E-state index contributed by atoms with van der Waals surface area (Å²) in [6.07, 6.45) is 0. The highest BCUT2D eigenvalue weighted by Gasteiger charge is 2.23. The van der Waals surface area contributed by atoms with Gasteiger partial charge in [0, 0.05) is 49.1 Å². The van der Waals surface area contributed by atoms with E-state index < -0.39 is 0 Å². The molecule has 0 saturated carbocycles. The lowest BCUT2D eigenvalue weighted by Gasteiger charge is -2.15. The van der Waals surface area contributed by atoms with Gasteiger partial charge in [0.15, 0.2) is 5.82 Å². The fourth-order valence-electron chi connectivity index (χ4n) is 9.07. The van der Waals surface area contributed by atoms with Crippen molar-refractivity contribution in [2.45, 2.75) is 0 Å². The number of nitrogens with zero attached hydrogens (tertiary/aromatic N) is 6. The fraction of sp³-hybridized carbons (Fsp3) is 0. The summed E-state index contributed by atoms with van der Waals surface area (Å²) in [7, 11) is 0. The molecule has 0 N–H and O–H groups in total. The highest BCUT2D eigenvalue weighted by molar-refractivity contribution is 6.19. The molecule has 282 valence electrons. The van der Waals surface area contributed by atoms with Crippen LogP contribution in [0.5, 0.6) is 0 Å². The first-order chi connectivity index (χ1) is 30.2. The maximum atomic E-state index is 10.8. The molecule has 0 atom stereocenters. The Labute approximate surface area is 349 Å². The van der Waals surface area contributed by atoms with E-state index in [4.69, 9.17) is 21.0 Å². The lowest BCUT2D eigenvalue weighted by Crippen LogP contribution is -2.01. The van der Waals surface area contributed by atoms with Gasteiger partial charge in [0.2, 0.25) is 5.69 Å².